The molecule has 1 aliphatic carbocycles. The lowest BCUT2D eigenvalue weighted by atomic mass is 9.93. The van der Waals surface area contributed by atoms with Crippen LogP contribution >= 0.6 is 11.3 Å². The van der Waals surface area contributed by atoms with Crippen molar-refractivity contribution in [3.05, 3.63) is 33.5 Å². The van der Waals surface area contributed by atoms with Crippen LogP contribution in [0.4, 0.5) is 4.79 Å². The number of carbonyl (C=O) groups is 1. The van der Waals surface area contributed by atoms with E-state index in [-0.39, 0.29) is 12.1 Å². The van der Waals surface area contributed by atoms with Gasteiger partial charge in [0.1, 0.15) is 5.01 Å². The number of aromatic nitrogens is 3. The van der Waals surface area contributed by atoms with Gasteiger partial charge in [0.2, 0.25) is 0 Å². The van der Waals surface area contributed by atoms with E-state index in [0.717, 1.165) is 36.3 Å². The van der Waals surface area contributed by atoms with E-state index in [1.54, 1.807) is 16.2 Å². The molecule has 0 fully saturated rings. The quantitative estimate of drug-likeness (QED) is 0.935. The smallest absolute Gasteiger partial charge is 0.318 e. The maximum atomic E-state index is 12.5. The molecule has 0 radical (unpaired) electrons. The molecule has 0 unspecified atom stereocenters. The second-order valence-electron chi connectivity index (χ2n) is 5.99. The SMILES string of the molecule is CCc1cnc(CN(C)C(=O)N[C@@H]2CCCc3c2cnn3C)s1. The first-order valence-electron chi connectivity index (χ1n) is 8.04. The molecular weight excluding hydrogens is 310 g/mol. The lowest BCUT2D eigenvalue weighted by molar-refractivity contribution is 0.201. The molecule has 124 valence electrons. The number of hydrogen-bond donors (Lipinski definition) is 1. The third-order valence-electron chi connectivity index (χ3n) is 4.34. The van der Waals surface area contributed by atoms with Crippen LogP contribution in [0, 0.1) is 0 Å². The van der Waals surface area contributed by atoms with E-state index in [4.69, 9.17) is 0 Å². The van der Waals surface area contributed by atoms with Crippen LogP contribution in [0.5, 0.6) is 0 Å². The molecule has 0 saturated carbocycles. The van der Waals surface area contributed by atoms with Crippen LogP contribution in [-0.4, -0.2) is 32.7 Å². The minimum Gasteiger partial charge on any atom is -0.331 e. The Morgan fingerprint density at radius 2 is 2.35 bits per heavy atom. The fraction of sp³-hybridized carbons (Fsp3) is 0.562. The summed E-state index contributed by atoms with van der Waals surface area (Å²) >= 11 is 1.67. The summed E-state index contributed by atoms with van der Waals surface area (Å²) in [5.41, 5.74) is 2.39. The van der Waals surface area contributed by atoms with Gasteiger partial charge in [-0.3, -0.25) is 4.68 Å². The number of aryl methyl sites for hydroxylation is 2. The van der Waals surface area contributed by atoms with Gasteiger partial charge in [0.05, 0.1) is 18.8 Å². The Labute approximate surface area is 140 Å². The molecule has 0 saturated heterocycles. The first-order chi connectivity index (χ1) is 11.1. The summed E-state index contributed by atoms with van der Waals surface area (Å²) in [6.45, 7) is 2.66. The average molecular weight is 333 g/mol. The van der Waals surface area contributed by atoms with Gasteiger partial charge in [-0.1, -0.05) is 6.92 Å². The number of carbonyl (C=O) groups excluding carboxylic acids is 1. The maximum Gasteiger partial charge on any atom is 0.318 e. The molecule has 0 spiro atoms. The molecule has 0 aliphatic heterocycles. The Morgan fingerprint density at radius 3 is 3.09 bits per heavy atom. The molecule has 23 heavy (non-hydrogen) atoms. The van der Waals surface area contributed by atoms with Gasteiger partial charge >= 0.3 is 6.03 Å². The van der Waals surface area contributed by atoms with E-state index < -0.39 is 0 Å². The highest BCUT2D eigenvalue weighted by Crippen LogP contribution is 2.29. The second kappa shape index (κ2) is 6.70. The Bertz CT molecular complexity index is 692. The summed E-state index contributed by atoms with van der Waals surface area (Å²) in [5, 5.41) is 8.44. The lowest BCUT2D eigenvalue weighted by Gasteiger charge is -2.26. The number of thiazole rings is 1. The molecule has 6 nitrogen and oxygen atoms in total. The number of urea groups is 1. The highest BCUT2D eigenvalue weighted by atomic mass is 32.1. The third kappa shape index (κ3) is 3.39. The Hall–Kier alpha value is -1.89. The van der Waals surface area contributed by atoms with Gasteiger partial charge in [0.15, 0.2) is 0 Å². The van der Waals surface area contributed by atoms with Crippen LogP contribution in [0.25, 0.3) is 0 Å². The topological polar surface area (TPSA) is 63.1 Å². The van der Waals surface area contributed by atoms with Gasteiger partial charge in [0.25, 0.3) is 0 Å². The zero-order valence-electron chi connectivity index (χ0n) is 13.9. The van der Waals surface area contributed by atoms with Crippen molar-refractivity contribution < 1.29 is 4.79 Å². The van der Waals surface area contributed by atoms with Crippen molar-refractivity contribution in [3.63, 3.8) is 0 Å². The fourth-order valence-corrected chi connectivity index (χ4v) is 3.89. The molecule has 3 rings (SSSR count). The molecular formula is C16H23N5OS. The van der Waals surface area contributed by atoms with Gasteiger partial charge in [0, 0.05) is 36.4 Å². The molecule has 1 N–H and O–H groups in total. The molecule has 0 bridgehead atoms. The van der Waals surface area contributed by atoms with E-state index >= 15 is 0 Å². The molecule has 2 heterocycles. The van der Waals surface area contributed by atoms with E-state index in [2.05, 4.69) is 22.3 Å². The lowest BCUT2D eigenvalue weighted by Crippen LogP contribution is -2.39. The van der Waals surface area contributed by atoms with Gasteiger partial charge in [-0.25, -0.2) is 9.78 Å². The number of rotatable bonds is 4. The number of fused-ring (bicyclic) bond motifs is 1. The molecule has 0 aromatic carbocycles. The Morgan fingerprint density at radius 1 is 1.52 bits per heavy atom. The van der Waals surface area contributed by atoms with Crippen molar-refractivity contribution in [2.45, 2.75) is 45.2 Å². The molecule has 7 heteroatoms. The van der Waals surface area contributed by atoms with Crippen LogP contribution in [0.3, 0.4) is 0 Å². The number of amides is 2. The number of nitrogens with one attached hydrogen (secondary N) is 1. The van der Waals surface area contributed by atoms with E-state index in [0.29, 0.717) is 6.54 Å². The third-order valence-corrected chi connectivity index (χ3v) is 5.47. The summed E-state index contributed by atoms with van der Waals surface area (Å²) in [5.74, 6) is 0. The van der Waals surface area contributed by atoms with Crippen molar-refractivity contribution in [2.24, 2.45) is 7.05 Å². The number of nitrogens with zero attached hydrogens (tertiary/aromatic N) is 4. The standard InChI is InChI=1S/C16H23N5OS/c1-4-11-8-17-15(23-11)10-20(2)16(22)19-13-6-5-7-14-12(13)9-18-21(14)3/h8-9,13H,4-7,10H2,1-3H3,(H,19,22)/t13-/m1/s1. The average Bonchev–Trinajstić information content (AvgIpc) is 3.15. The summed E-state index contributed by atoms with van der Waals surface area (Å²) in [4.78, 5) is 19.8. The Kier molecular flexibility index (Phi) is 4.66. The molecule has 2 aromatic rings. The first-order valence-corrected chi connectivity index (χ1v) is 8.86. The summed E-state index contributed by atoms with van der Waals surface area (Å²) in [6.07, 6.45) is 7.85. The maximum absolute atomic E-state index is 12.5. The second-order valence-corrected chi connectivity index (χ2v) is 7.19. The predicted molar refractivity (Wildman–Crippen MR) is 90.4 cm³/mol. The van der Waals surface area contributed by atoms with E-state index in [1.807, 2.05) is 31.2 Å². The summed E-state index contributed by atoms with van der Waals surface area (Å²) < 4.78 is 1.92. The summed E-state index contributed by atoms with van der Waals surface area (Å²) in [7, 11) is 3.78. The van der Waals surface area contributed by atoms with Crippen molar-refractivity contribution in [1.82, 2.24) is 25.0 Å². The fourth-order valence-electron chi connectivity index (χ4n) is 2.97. The highest BCUT2D eigenvalue weighted by Gasteiger charge is 2.25. The largest absolute Gasteiger partial charge is 0.331 e. The van der Waals surface area contributed by atoms with E-state index in [1.165, 1.54) is 10.6 Å². The Balaban J connectivity index is 1.62. The zero-order chi connectivity index (χ0) is 16.4. The molecule has 2 aromatic heterocycles. The molecule has 2 amide bonds. The predicted octanol–water partition coefficient (Wildman–Crippen LogP) is 2.66. The monoisotopic (exact) mass is 333 g/mol. The first kappa shape index (κ1) is 16.0. The minimum atomic E-state index is -0.0556. The van der Waals surface area contributed by atoms with Gasteiger partial charge in [-0.05, 0) is 25.7 Å². The molecule has 1 atom stereocenters. The van der Waals surface area contributed by atoms with Gasteiger partial charge < -0.3 is 10.2 Å². The van der Waals surface area contributed by atoms with Crippen LogP contribution in [-0.2, 0) is 26.4 Å². The van der Waals surface area contributed by atoms with Crippen LogP contribution in [0.2, 0.25) is 0 Å². The van der Waals surface area contributed by atoms with Crippen molar-refractivity contribution >= 4 is 17.4 Å². The molecule has 1 aliphatic rings. The van der Waals surface area contributed by atoms with E-state index in [9.17, 15) is 4.79 Å². The minimum absolute atomic E-state index is 0.0556. The van der Waals surface area contributed by atoms with Crippen molar-refractivity contribution in [2.75, 3.05) is 7.05 Å². The van der Waals surface area contributed by atoms with Crippen molar-refractivity contribution in [1.29, 1.82) is 0 Å². The van der Waals surface area contributed by atoms with Gasteiger partial charge in [-0.2, -0.15) is 5.10 Å². The summed E-state index contributed by atoms with van der Waals surface area (Å²) in [6, 6.07) is 0.00449. The van der Waals surface area contributed by atoms with Gasteiger partial charge in [-0.15, -0.1) is 11.3 Å². The zero-order valence-corrected chi connectivity index (χ0v) is 14.7. The number of hydrogen-bond acceptors (Lipinski definition) is 4. The van der Waals surface area contributed by atoms with Crippen molar-refractivity contribution in [3.8, 4) is 0 Å². The van der Waals surface area contributed by atoms with Crippen LogP contribution in [0.1, 0.15) is 46.9 Å². The van der Waals surface area contributed by atoms with Crippen LogP contribution < -0.4 is 5.32 Å². The highest BCUT2D eigenvalue weighted by molar-refractivity contribution is 7.11. The normalized spacial score (nSPS) is 16.9. The van der Waals surface area contributed by atoms with Crippen LogP contribution in [0.15, 0.2) is 12.4 Å².